The molecule has 2 aromatic carbocycles. The summed E-state index contributed by atoms with van der Waals surface area (Å²) >= 11 is 0. The van der Waals surface area contributed by atoms with Crippen LogP contribution in [0, 0.1) is 15.9 Å². The highest BCUT2D eigenvalue weighted by Gasteiger charge is 2.19. The van der Waals surface area contributed by atoms with Crippen LogP contribution in [0.5, 0.6) is 11.5 Å². The third kappa shape index (κ3) is 6.73. The number of benzene rings is 2. The Morgan fingerprint density at radius 2 is 1.67 bits per heavy atom. The number of rotatable bonds is 9. The molecule has 9 heteroatoms. The summed E-state index contributed by atoms with van der Waals surface area (Å²) in [6, 6.07) is 11.3. The van der Waals surface area contributed by atoms with Crippen LogP contribution in [0.15, 0.2) is 48.5 Å². The summed E-state index contributed by atoms with van der Waals surface area (Å²) < 4.78 is 18.5. The standard InChI is InChI=1S/C18H18FN3O5/c19-13-3-7-15(8-4-13)27-14-5-1-12(2-6-14)11-16(18(20)24)21-17(23)9-10-22(25)26/h1-8,16H,9-11H2,(H2,20,24)(H,21,23). The summed E-state index contributed by atoms with van der Waals surface area (Å²) in [4.78, 5) is 32.9. The van der Waals surface area contributed by atoms with Gasteiger partial charge in [0.1, 0.15) is 23.4 Å². The predicted molar refractivity (Wildman–Crippen MR) is 94.2 cm³/mol. The molecule has 0 spiro atoms. The van der Waals surface area contributed by atoms with E-state index in [1.165, 1.54) is 24.3 Å². The van der Waals surface area contributed by atoms with Crippen LogP contribution in [0.4, 0.5) is 4.39 Å². The van der Waals surface area contributed by atoms with Gasteiger partial charge in [0, 0.05) is 11.3 Å². The molecule has 0 saturated heterocycles. The lowest BCUT2D eigenvalue weighted by Crippen LogP contribution is -2.46. The van der Waals surface area contributed by atoms with Gasteiger partial charge in [-0.25, -0.2) is 4.39 Å². The Morgan fingerprint density at radius 1 is 1.11 bits per heavy atom. The highest BCUT2D eigenvalue weighted by molar-refractivity contribution is 5.86. The van der Waals surface area contributed by atoms with Crippen molar-refractivity contribution in [3.8, 4) is 11.5 Å². The second-order valence-electron chi connectivity index (χ2n) is 5.73. The molecule has 0 radical (unpaired) electrons. The molecular formula is C18H18FN3O5. The summed E-state index contributed by atoms with van der Waals surface area (Å²) in [5.41, 5.74) is 6.00. The normalized spacial score (nSPS) is 11.4. The smallest absolute Gasteiger partial charge is 0.240 e. The SMILES string of the molecule is NC(=O)C(Cc1ccc(Oc2ccc(F)cc2)cc1)NC(=O)CC[N+](=O)[O-]. The predicted octanol–water partition coefficient (Wildman–Crippen LogP) is 1.80. The zero-order valence-corrected chi connectivity index (χ0v) is 14.3. The van der Waals surface area contributed by atoms with Crippen LogP contribution in [0.3, 0.4) is 0 Å². The van der Waals surface area contributed by atoms with Crippen LogP contribution in [-0.4, -0.2) is 29.3 Å². The van der Waals surface area contributed by atoms with Gasteiger partial charge >= 0.3 is 0 Å². The minimum Gasteiger partial charge on any atom is -0.457 e. The van der Waals surface area contributed by atoms with Crippen molar-refractivity contribution in [3.05, 3.63) is 70.0 Å². The van der Waals surface area contributed by atoms with Crippen molar-refractivity contribution in [2.24, 2.45) is 5.73 Å². The maximum absolute atomic E-state index is 12.9. The van der Waals surface area contributed by atoms with Crippen LogP contribution in [0.2, 0.25) is 0 Å². The Morgan fingerprint density at radius 3 is 2.19 bits per heavy atom. The number of halogens is 1. The summed E-state index contributed by atoms with van der Waals surface area (Å²) in [6.07, 6.45) is -0.197. The number of nitrogens with zero attached hydrogens (tertiary/aromatic N) is 1. The Balaban J connectivity index is 1.95. The van der Waals surface area contributed by atoms with Crippen LogP contribution in [-0.2, 0) is 16.0 Å². The molecule has 27 heavy (non-hydrogen) atoms. The van der Waals surface area contributed by atoms with Crippen molar-refractivity contribution in [1.29, 1.82) is 0 Å². The number of nitro groups is 1. The van der Waals surface area contributed by atoms with E-state index in [2.05, 4.69) is 5.32 Å². The van der Waals surface area contributed by atoms with Crippen molar-refractivity contribution < 1.29 is 23.6 Å². The van der Waals surface area contributed by atoms with Gasteiger partial charge in [-0.3, -0.25) is 19.7 Å². The number of hydrogen-bond acceptors (Lipinski definition) is 5. The van der Waals surface area contributed by atoms with Gasteiger partial charge in [-0.1, -0.05) is 12.1 Å². The lowest BCUT2D eigenvalue weighted by molar-refractivity contribution is -0.478. The van der Waals surface area contributed by atoms with Gasteiger partial charge in [-0.2, -0.15) is 0 Å². The van der Waals surface area contributed by atoms with E-state index < -0.39 is 29.3 Å². The third-order valence-corrected chi connectivity index (χ3v) is 3.61. The molecule has 0 bridgehead atoms. The molecule has 2 aromatic rings. The van der Waals surface area contributed by atoms with E-state index in [0.29, 0.717) is 17.1 Å². The molecule has 1 atom stereocenters. The molecule has 3 N–H and O–H groups in total. The molecule has 2 rings (SSSR count). The first-order chi connectivity index (χ1) is 12.8. The lowest BCUT2D eigenvalue weighted by Gasteiger charge is -2.15. The van der Waals surface area contributed by atoms with E-state index >= 15 is 0 Å². The van der Waals surface area contributed by atoms with Crippen molar-refractivity contribution in [3.63, 3.8) is 0 Å². The average molecular weight is 375 g/mol. The number of primary amides is 1. The van der Waals surface area contributed by atoms with Gasteiger partial charge in [0.25, 0.3) is 0 Å². The highest BCUT2D eigenvalue weighted by atomic mass is 19.1. The van der Waals surface area contributed by atoms with Gasteiger partial charge in [0.05, 0.1) is 6.42 Å². The second kappa shape index (κ2) is 9.27. The van der Waals surface area contributed by atoms with E-state index in [4.69, 9.17) is 10.5 Å². The summed E-state index contributed by atoms with van der Waals surface area (Å²) in [7, 11) is 0. The van der Waals surface area contributed by atoms with Gasteiger partial charge in [-0.05, 0) is 42.0 Å². The number of ether oxygens (including phenoxy) is 1. The van der Waals surface area contributed by atoms with Crippen molar-refractivity contribution in [1.82, 2.24) is 5.32 Å². The Labute approximate surface area is 154 Å². The molecule has 0 fully saturated rings. The molecule has 0 aromatic heterocycles. The number of nitrogens with two attached hydrogens (primary N) is 1. The number of nitrogens with one attached hydrogen (secondary N) is 1. The quantitative estimate of drug-likeness (QED) is 0.511. The molecule has 0 saturated carbocycles. The lowest BCUT2D eigenvalue weighted by atomic mass is 10.1. The van der Waals surface area contributed by atoms with Gasteiger partial charge in [0.15, 0.2) is 0 Å². The van der Waals surface area contributed by atoms with E-state index in [0.717, 1.165) is 0 Å². The Hall–Kier alpha value is -3.49. The number of hydrogen-bond donors (Lipinski definition) is 2. The molecule has 0 aliphatic carbocycles. The molecule has 0 heterocycles. The maximum atomic E-state index is 12.9. The third-order valence-electron chi connectivity index (χ3n) is 3.61. The maximum Gasteiger partial charge on any atom is 0.240 e. The fourth-order valence-electron chi connectivity index (χ4n) is 2.25. The van der Waals surface area contributed by atoms with Gasteiger partial charge < -0.3 is 15.8 Å². The fraction of sp³-hybridized carbons (Fsp3) is 0.222. The fourth-order valence-corrected chi connectivity index (χ4v) is 2.25. The minimum absolute atomic E-state index is 0.135. The zero-order valence-electron chi connectivity index (χ0n) is 14.3. The van der Waals surface area contributed by atoms with Crippen LogP contribution >= 0.6 is 0 Å². The number of amides is 2. The van der Waals surface area contributed by atoms with E-state index in [1.54, 1.807) is 24.3 Å². The summed E-state index contributed by atoms with van der Waals surface area (Å²) in [5, 5.41) is 12.7. The Kier molecular flexibility index (Phi) is 6.81. The molecule has 8 nitrogen and oxygen atoms in total. The van der Waals surface area contributed by atoms with Crippen LogP contribution in [0.25, 0.3) is 0 Å². The molecule has 0 aliphatic heterocycles. The summed E-state index contributed by atoms with van der Waals surface area (Å²) in [6.45, 7) is -0.521. The minimum atomic E-state index is -0.979. The molecule has 142 valence electrons. The van der Waals surface area contributed by atoms with E-state index in [9.17, 15) is 24.1 Å². The van der Waals surface area contributed by atoms with Crippen LogP contribution < -0.4 is 15.8 Å². The first kappa shape index (κ1) is 19.8. The van der Waals surface area contributed by atoms with E-state index in [-0.39, 0.29) is 18.7 Å². The van der Waals surface area contributed by atoms with Crippen molar-refractivity contribution in [2.45, 2.75) is 18.9 Å². The molecule has 1 unspecified atom stereocenters. The second-order valence-corrected chi connectivity index (χ2v) is 5.73. The van der Waals surface area contributed by atoms with Crippen LogP contribution in [0.1, 0.15) is 12.0 Å². The first-order valence-corrected chi connectivity index (χ1v) is 8.06. The topological polar surface area (TPSA) is 125 Å². The molecular weight excluding hydrogens is 357 g/mol. The molecule has 2 amide bonds. The number of carbonyl (C=O) groups is 2. The highest BCUT2D eigenvalue weighted by Crippen LogP contribution is 2.22. The zero-order chi connectivity index (χ0) is 19.8. The Bertz CT molecular complexity index is 809. The molecule has 0 aliphatic rings. The van der Waals surface area contributed by atoms with Crippen molar-refractivity contribution in [2.75, 3.05) is 6.54 Å². The van der Waals surface area contributed by atoms with Crippen molar-refractivity contribution >= 4 is 11.8 Å². The summed E-state index contributed by atoms with van der Waals surface area (Å²) in [5.74, 6) is -0.744. The van der Waals surface area contributed by atoms with Gasteiger partial charge in [0.2, 0.25) is 18.4 Å². The van der Waals surface area contributed by atoms with E-state index in [1.807, 2.05) is 0 Å². The number of carbonyl (C=O) groups excluding carboxylic acids is 2. The first-order valence-electron chi connectivity index (χ1n) is 8.06. The van der Waals surface area contributed by atoms with Gasteiger partial charge in [-0.15, -0.1) is 0 Å². The largest absolute Gasteiger partial charge is 0.457 e. The average Bonchev–Trinajstić information content (AvgIpc) is 2.63. The monoisotopic (exact) mass is 375 g/mol.